The molecule has 0 unspecified atom stereocenters. The van der Waals surface area contributed by atoms with Gasteiger partial charge in [0.2, 0.25) is 0 Å². The van der Waals surface area contributed by atoms with Gasteiger partial charge in [-0.25, -0.2) is 4.58 Å². The number of allylic oxidation sites excluding steroid dienone is 5. The van der Waals surface area contributed by atoms with E-state index in [1.807, 2.05) is 44.4 Å². The molecule has 0 saturated heterocycles. The van der Waals surface area contributed by atoms with Crippen LogP contribution in [0, 0.1) is 0 Å². The van der Waals surface area contributed by atoms with Crippen molar-refractivity contribution in [1.82, 2.24) is 0 Å². The SMILES string of the molecule is C[N+](C)=C1C=CC(=C2SC([O-])=C(c3ccccc3)S2)C=C1. The zero-order valence-corrected chi connectivity index (χ0v) is 13.5. The Morgan fingerprint density at radius 1 is 0.905 bits per heavy atom. The van der Waals surface area contributed by atoms with Gasteiger partial charge in [0.25, 0.3) is 0 Å². The van der Waals surface area contributed by atoms with Gasteiger partial charge in [0.15, 0.2) is 5.71 Å². The molecule has 1 aromatic carbocycles. The summed E-state index contributed by atoms with van der Waals surface area (Å²) in [6, 6.07) is 9.86. The first kappa shape index (κ1) is 14.3. The summed E-state index contributed by atoms with van der Waals surface area (Å²) in [5.74, 6) is 0. The molecule has 0 atom stereocenters. The van der Waals surface area contributed by atoms with Gasteiger partial charge in [-0.3, -0.25) is 0 Å². The minimum Gasteiger partial charge on any atom is -0.867 e. The zero-order valence-electron chi connectivity index (χ0n) is 11.9. The van der Waals surface area contributed by atoms with Crippen LogP contribution < -0.4 is 5.11 Å². The molecule has 0 amide bonds. The molecule has 1 aliphatic carbocycles. The molecule has 0 aromatic heterocycles. The van der Waals surface area contributed by atoms with Crippen LogP contribution in [-0.4, -0.2) is 24.4 Å². The van der Waals surface area contributed by atoms with Gasteiger partial charge in [-0.15, -0.1) is 0 Å². The lowest BCUT2D eigenvalue weighted by Crippen LogP contribution is -2.09. The Labute approximate surface area is 133 Å². The van der Waals surface area contributed by atoms with Crippen molar-refractivity contribution in [2.75, 3.05) is 14.1 Å². The van der Waals surface area contributed by atoms with Crippen LogP contribution in [0.3, 0.4) is 0 Å². The Kier molecular flexibility index (Phi) is 4.08. The van der Waals surface area contributed by atoms with Crippen LogP contribution in [0.5, 0.6) is 0 Å². The van der Waals surface area contributed by atoms with Gasteiger partial charge >= 0.3 is 0 Å². The molecular weight excluding hydrogens is 298 g/mol. The molecule has 4 heteroatoms. The lowest BCUT2D eigenvalue weighted by atomic mass is 10.1. The quantitative estimate of drug-likeness (QED) is 0.745. The van der Waals surface area contributed by atoms with Crippen molar-refractivity contribution in [3.8, 4) is 0 Å². The summed E-state index contributed by atoms with van der Waals surface area (Å²) >= 11 is 2.90. The molecular formula is C17H15NOS2. The Morgan fingerprint density at radius 3 is 2.19 bits per heavy atom. The van der Waals surface area contributed by atoms with E-state index in [9.17, 15) is 5.11 Å². The van der Waals surface area contributed by atoms with Crippen LogP contribution in [0.15, 0.2) is 69.5 Å². The van der Waals surface area contributed by atoms with E-state index in [1.54, 1.807) is 11.8 Å². The number of hydrogen-bond acceptors (Lipinski definition) is 3. The van der Waals surface area contributed by atoms with Gasteiger partial charge in [0.1, 0.15) is 14.1 Å². The van der Waals surface area contributed by atoms with Crippen molar-refractivity contribution in [3.05, 3.63) is 75.1 Å². The first-order valence-electron chi connectivity index (χ1n) is 6.62. The molecule has 2 nitrogen and oxygen atoms in total. The van der Waals surface area contributed by atoms with Gasteiger partial charge in [-0.2, -0.15) is 0 Å². The van der Waals surface area contributed by atoms with Crippen LogP contribution in [0.4, 0.5) is 0 Å². The molecule has 0 spiro atoms. The number of benzene rings is 1. The lowest BCUT2D eigenvalue weighted by molar-refractivity contribution is -0.462. The van der Waals surface area contributed by atoms with Crippen molar-refractivity contribution in [1.29, 1.82) is 0 Å². The highest BCUT2D eigenvalue weighted by molar-refractivity contribution is 8.31. The Bertz CT molecular complexity index is 702. The molecule has 3 rings (SSSR count). The second kappa shape index (κ2) is 6.00. The maximum absolute atomic E-state index is 12.2. The number of hydrogen-bond donors (Lipinski definition) is 0. The Morgan fingerprint density at radius 2 is 1.57 bits per heavy atom. The topological polar surface area (TPSA) is 26.1 Å². The van der Waals surface area contributed by atoms with Gasteiger partial charge in [0.05, 0.1) is 4.24 Å². The van der Waals surface area contributed by atoms with E-state index in [4.69, 9.17) is 0 Å². The van der Waals surface area contributed by atoms with Crippen LogP contribution in [0.2, 0.25) is 0 Å². The maximum atomic E-state index is 12.2. The standard InChI is InChI=1S/C17H15NOS2/c1-18(2)14-10-8-13(9-11-14)17-20-15(16(19)21-17)12-6-4-3-5-7-12/h3-11H,1-2H3. The summed E-state index contributed by atoms with van der Waals surface area (Å²) in [4.78, 5) is 0.826. The fourth-order valence-electron chi connectivity index (χ4n) is 2.07. The second-order valence-electron chi connectivity index (χ2n) is 4.92. The molecule has 0 saturated carbocycles. The largest absolute Gasteiger partial charge is 0.867 e. The molecule has 1 aromatic rings. The number of thioether (sulfide) groups is 2. The highest BCUT2D eigenvalue weighted by Gasteiger charge is 2.19. The number of nitrogens with zero attached hydrogens (tertiary/aromatic N) is 1. The first-order chi connectivity index (χ1) is 10.1. The third-order valence-corrected chi connectivity index (χ3v) is 5.71. The lowest BCUT2D eigenvalue weighted by Gasteiger charge is -2.07. The van der Waals surface area contributed by atoms with Crippen molar-refractivity contribution >= 4 is 34.1 Å². The third-order valence-electron chi connectivity index (χ3n) is 3.22. The second-order valence-corrected chi connectivity index (χ2v) is 7.18. The Hall–Kier alpha value is -1.65. The third kappa shape index (κ3) is 3.01. The summed E-state index contributed by atoms with van der Waals surface area (Å²) < 4.78 is 3.12. The minimum absolute atomic E-state index is 0.137. The van der Waals surface area contributed by atoms with E-state index >= 15 is 0 Å². The van der Waals surface area contributed by atoms with E-state index < -0.39 is 0 Å². The minimum atomic E-state index is 0.137. The summed E-state index contributed by atoms with van der Waals surface area (Å²) in [6.07, 6.45) is 8.31. The van der Waals surface area contributed by atoms with E-state index in [0.717, 1.165) is 26.0 Å². The van der Waals surface area contributed by atoms with Crippen LogP contribution >= 0.6 is 23.5 Å². The van der Waals surface area contributed by atoms with Crippen LogP contribution in [-0.2, 0) is 0 Å². The highest BCUT2D eigenvalue weighted by atomic mass is 32.2. The van der Waals surface area contributed by atoms with E-state index in [2.05, 4.69) is 28.9 Å². The predicted molar refractivity (Wildman–Crippen MR) is 91.0 cm³/mol. The average Bonchev–Trinajstić information content (AvgIpc) is 2.90. The molecule has 0 N–H and O–H groups in total. The molecule has 0 radical (unpaired) electrons. The van der Waals surface area contributed by atoms with E-state index in [1.165, 1.54) is 11.8 Å². The van der Waals surface area contributed by atoms with E-state index in [-0.39, 0.29) is 5.09 Å². The molecule has 1 heterocycles. The molecule has 1 aliphatic heterocycles. The highest BCUT2D eigenvalue weighted by Crippen LogP contribution is 2.52. The summed E-state index contributed by atoms with van der Waals surface area (Å²) in [7, 11) is 4.04. The zero-order chi connectivity index (χ0) is 14.8. The molecule has 2 aliphatic rings. The van der Waals surface area contributed by atoms with Gasteiger partial charge < -0.3 is 5.11 Å². The normalized spacial score (nSPS) is 17.9. The fourth-order valence-corrected chi connectivity index (χ4v) is 4.37. The molecule has 0 fully saturated rings. The summed E-state index contributed by atoms with van der Waals surface area (Å²) in [6.45, 7) is 0. The van der Waals surface area contributed by atoms with Crippen molar-refractivity contribution in [2.24, 2.45) is 0 Å². The van der Waals surface area contributed by atoms with Gasteiger partial charge in [0, 0.05) is 17.1 Å². The first-order valence-corrected chi connectivity index (χ1v) is 8.25. The van der Waals surface area contributed by atoms with Gasteiger partial charge in [-0.05, 0) is 23.3 Å². The van der Waals surface area contributed by atoms with E-state index in [0.29, 0.717) is 0 Å². The summed E-state index contributed by atoms with van der Waals surface area (Å²) in [5, 5.41) is 12.3. The smallest absolute Gasteiger partial charge is 0.199 e. The van der Waals surface area contributed by atoms with Crippen molar-refractivity contribution in [2.45, 2.75) is 0 Å². The van der Waals surface area contributed by atoms with Crippen molar-refractivity contribution in [3.63, 3.8) is 0 Å². The van der Waals surface area contributed by atoms with Crippen molar-refractivity contribution < 1.29 is 9.68 Å². The molecule has 106 valence electrons. The average molecular weight is 313 g/mol. The monoisotopic (exact) mass is 313 g/mol. The number of rotatable bonds is 1. The molecule has 21 heavy (non-hydrogen) atoms. The summed E-state index contributed by atoms with van der Waals surface area (Å²) in [5.41, 5.74) is 3.26. The van der Waals surface area contributed by atoms with Crippen LogP contribution in [0.1, 0.15) is 5.56 Å². The Balaban J connectivity index is 1.87. The molecule has 0 bridgehead atoms. The van der Waals surface area contributed by atoms with Crippen LogP contribution in [0.25, 0.3) is 4.91 Å². The predicted octanol–water partition coefficient (Wildman–Crippen LogP) is 3.20. The van der Waals surface area contributed by atoms with Gasteiger partial charge in [-0.1, -0.05) is 58.9 Å². The fraction of sp³-hybridized carbons (Fsp3) is 0.118. The maximum Gasteiger partial charge on any atom is 0.199 e.